The monoisotopic (exact) mass is 509 g/mol. The van der Waals surface area contributed by atoms with Gasteiger partial charge in [0.2, 0.25) is 21.8 Å². The van der Waals surface area contributed by atoms with Gasteiger partial charge in [-0.25, -0.2) is 8.42 Å². The summed E-state index contributed by atoms with van der Waals surface area (Å²) in [5.74, 6) is -0.677. The molecule has 0 saturated carbocycles. The van der Waals surface area contributed by atoms with Crippen molar-refractivity contribution in [3.05, 3.63) is 77.9 Å². The number of carbonyl (C=O) groups excluding carboxylic acids is 2. The normalized spacial score (nSPS) is 12.2. The first kappa shape index (κ1) is 27.2. The number of hydrogen-bond donors (Lipinski definition) is 1. The molecule has 2 amide bonds. The molecule has 0 aliphatic rings. The van der Waals surface area contributed by atoms with Gasteiger partial charge in [0.15, 0.2) is 0 Å². The van der Waals surface area contributed by atoms with Crippen LogP contribution in [0.25, 0.3) is 10.8 Å². The minimum atomic E-state index is -3.80. The number of fused-ring (bicyclic) bond motifs is 1. The van der Waals surface area contributed by atoms with Gasteiger partial charge in [0, 0.05) is 18.5 Å². The van der Waals surface area contributed by atoms with Gasteiger partial charge in [-0.1, -0.05) is 80.1 Å². The van der Waals surface area contributed by atoms with Crippen molar-refractivity contribution in [2.24, 2.45) is 0 Å². The van der Waals surface area contributed by atoms with E-state index in [1.807, 2.05) is 75.4 Å². The molecule has 36 heavy (non-hydrogen) atoms. The van der Waals surface area contributed by atoms with Crippen LogP contribution in [0, 0.1) is 6.92 Å². The van der Waals surface area contributed by atoms with Gasteiger partial charge in [-0.15, -0.1) is 0 Å². The topological polar surface area (TPSA) is 86.8 Å². The second-order valence-electron chi connectivity index (χ2n) is 8.99. The first-order valence-corrected chi connectivity index (χ1v) is 14.1. The highest BCUT2D eigenvalue weighted by Crippen LogP contribution is 2.28. The average molecular weight is 510 g/mol. The van der Waals surface area contributed by atoms with Crippen LogP contribution in [0.5, 0.6) is 0 Å². The lowest BCUT2D eigenvalue weighted by Gasteiger charge is -2.33. The lowest BCUT2D eigenvalue weighted by Crippen LogP contribution is -2.52. The number of nitrogens with one attached hydrogen (secondary N) is 1. The van der Waals surface area contributed by atoms with Crippen molar-refractivity contribution in [1.29, 1.82) is 0 Å². The molecule has 0 fully saturated rings. The van der Waals surface area contributed by atoms with Gasteiger partial charge >= 0.3 is 0 Å². The van der Waals surface area contributed by atoms with Crippen molar-refractivity contribution in [2.75, 3.05) is 23.7 Å². The number of sulfonamides is 1. The van der Waals surface area contributed by atoms with E-state index in [-0.39, 0.29) is 12.5 Å². The summed E-state index contributed by atoms with van der Waals surface area (Å²) >= 11 is 0. The molecular weight excluding hydrogens is 474 g/mol. The SMILES string of the molecule is CCCNC(=O)C(CC)N(Cc1ccc(C)cc1)C(=O)CN(c1cccc2ccccc12)S(C)(=O)=O. The molecule has 8 heteroatoms. The van der Waals surface area contributed by atoms with Crippen molar-refractivity contribution in [1.82, 2.24) is 10.2 Å². The van der Waals surface area contributed by atoms with Gasteiger partial charge in [-0.2, -0.15) is 0 Å². The Morgan fingerprint density at radius 1 is 0.944 bits per heavy atom. The summed E-state index contributed by atoms with van der Waals surface area (Å²) in [7, 11) is -3.80. The predicted octanol–water partition coefficient (Wildman–Crippen LogP) is 4.25. The molecule has 0 aromatic heterocycles. The largest absolute Gasteiger partial charge is 0.354 e. The average Bonchev–Trinajstić information content (AvgIpc) is 2.86. The molecule has 3 aromatic rings. The number of anilines is 1. The fourth-order valence-corrected chi connectivity index (χ4v) is 5.06. The van der Waals surface area contributed by atoms with E-state index >= 15 is 0 Å². The van der Waals surface area contributed by atoms with E-state index in [0.29, 0.717) is 18.7 Å². The molecular formula is C28H35N3O4S. The molecule has 0 bridgehead atoms. The van der Waals surface area contributed by atoms with E-state index in [0.717, 1.165) is 38.9 Å². The molecule has 3 aromatic carbocycles. The van der Waals surface area contributed by atoms with Crippen LogP contribution in [0.3, 0.4) is 0 Å². The first-order chi connectivity index (χ1) is 17.2. The minimum Gasteiger partial charge on any atom is -0.354 e. The van der Waals surface area contributed by atoms with E-state index in [1.165, 1.54) is 4.90 Å². The maximum atomic E-state index is 13.8. The van der Waals surface area contributed by atoms with Crippen molar-refractivity contribution >= 4 is 38.3 Å². The van der Waals surface area contributed by atoms with Gasteiger partial charge in [0.25, 0.3) is 0 Å². The second-order valence-corrected chi connectivity index (χ2v) is 10.9. The first-order valence-electron chi connectivity index (χ1n) is 12.2. The molecule has 192 valence electrons. The van der Waals surface area contributed by atoms with Gasteiger partial charge in [-0.05, 0) is 36.8 Å². The third-order valence-corrected chi connectivity index (χ3v) is 7.25. The van der Waals surface area contributed by atoms with Crippen molar-refractivity contribution in [2.45, 2.75) is 46.2 Å². The lowest BCUT2D eigenvalue weighted by molar-refractivity contribution is -0.140. The summed E-state index contributed by atoms with van der Waals surface area (Å²) in [6, 6.07) is 19.9. The zero-order valence-electron chi connectivity index (χ0n) is 21.4. The zero-order chi connectivity index (χ0) is 26.3. The summed E-state index contributed by atoms with van der Waals surface area (Å²) in [5.41, 5.74) is 2.39. The van der Waals surface area contributed by atoms with E-state index in [1.54, 1.807) is 12.1 Å². The van der Waals surface area contributed by atoms with Crippen LogP contribution in [0.1, 0.15) is 37.8 Å². The highest BCUT2D eigenvalue weighted by molar-refractivity contribution is 7.92. The Kier molecular flexibility index (Phi) is 9.09. The Bertz CT molecular complexity index is 1300. The van der Waals surface area contributed by atoms with Crippen LogP contribution in [-0.2, 0) is 26.2 Å². The summed E-state index contributed by atoms with van der Waals surface area (Å²) in [4.78, 5) is 28.3. The van der Waals surface area contributed by atoms with E-state index in [4.69, 9.17) is 0 Å². The molecule has 1 unspecified atom stereocenters. The molecule has 0 saturated heterocycles. The Balaban J connectivity index is 2.00. The molecule has 0 heterocycles. The zero-order valence-corrected chi connectivity index (χ0v) is 22.2. The highest BCUT2D eigenvalue weighted by Gasteiger charge is 2.32. The maximum absolute atomic E-state index is 13.8. The molecule has 0 radical (unpaired) electrons. The molecule has 0 aliphatic carbocycles. The van der Waals surface area contributed by atoms with E-state index in [9.17, 15) is 18.0 Å². The Morgan fingerprint density at radius 3 is 2.25 bits per heavy atom. The van der Waals surface area contributed by atoms with Crippen molar-refractivity contribution in [3.8, 4) is 0 Å². The number of amides is 2. The van der Waals surface area contributed by atoms with Gasteiger partial charge in [0.05, 0.1) is 11.9 Å². The summed E-state index contributed by atoms with van der Waals surface area (Å²) in [5, 5.41) is 4.49. The molecule has 0 spiro atoms. The van der Waals surface area contributed by atoms with Crippen LogP contribution in [0.2, 0.25) is 0 Å². The number of aryl methyl sites for hydroxylation is 1. The van der Waals surface area contributed by atoms with Crippen LogP contribution in [-0.4, -0.2) is 50.5 Å². The summed E-state index contributed by atoms with van der Waals surface area (Å²) in [6.45, 7) is 6.09. The lowest BCUT2D eigenvalue weighted by atomic mass is 10.1. The van der Waals surface area contributed by atoms with Crippen molar-refractivity contribution in [3.63, 3.8) is 0 Å². The maximum Gasteiger partial charge on any atom is 0.244 e. The standard InChI is InChI=1S/C28H35N3O4S/c1-5-18-29-28(33)25(6-2)30(19-22-16-14-21(3)15-17-22)27(32)20-31(36(4,34)35)26-13-9-11-23-10-7-8-12-24(23)26/h7-17,25H,5-6,18-20H2,1-4H3,(H,29,33). The quantitative estimate of drug-likeness (QED) is 0.419. The van der Waals surface area contributed by atoms with Crippen LogP contribution in [0.15, 0.2) is 66.7 Å². The predicted molar refractivity (Wildman–Crippen MR) is 145 cm³/mol. The fourth-order valence-electron chi connectivity index (χ4n) is 4.20. The number of rotatable bonds is 11. The summed E-state index contributed by atoms with van der Waals surface area (Å²) < 4.78 is 27.0. The van der Waals surface area contributed by atoms with E-state index in [2.05, 4.69) is 5.32 Å². The summed E-state index contributed by atoms with van der Waals surface area (Å²) in [6.07, 6.45) is 2.27. The van der Waals surface area contributed by atoms with Crippen LogP contribution >= 0.6 is 0 Å². The number of benzene rings is 3. The number of hydrogen-bond acceptors (Lipinski definition) is 4. The Labute approximate surface area is 214 Å². The van der Waals surface area contributed by atoms with Gasteiger partial charge in [0.1, 0.15) is 12.6 Å². The molecule has 1 atom stereocenters. The van der Waals surface area contributed by atoms with Gasteiger partial charge in [-0.3, -0.25) is 13.9 Å². The molecule has 3 rings (SSSR count). The molecule has 0 aliphatic heterocycles. The number of nitrogens with zero attached hydrogens (tertiary/aromatic N) is 2. The third kappa shape index (κ3) is 6.63. The highest BCUT2D eigenvalue weighted by atomic mass is 32.2. The fraction of sp³-hybridized carbons (Fsp3) is 0.357. The Hall–Kier alpha value is -3.39. The number of carbonyl (C=O) groups is 2. The van der Waals surface area contributed by atoms with Gasteiger partial charge < -0.3 is 10.2 Å². The third-order valence-electron chi connectivity index (χ3n) is 6.12. The Morgan fingerprint density at radius 2 is 1.61 bits per heavy atom. The minimum absolute atomic E-state index is 0.199. The molecule has 7 nitrogen and oxygen atoms in total. The second kappa shape index (κ2) is 12.0. The molecule has 1 N–H and O–H groups in total. The smallest absolute Gasteiger partial charge is 0.244 e. The van der Waals surface area contributed by atoms with Crippen molar-refractivity contribution < 1.29 is 18.0 Å². The van der Waals surface area contributed by atoms with Crippen LogP contribution in [0.4, 0.5) is 5.69 Å². The van der Waals surface area contributed by atoms with E-state index < -0.39 is 28.5 Å². The van der Waals surface area contributed by atoms with Crippen LogP contribution < -0.4 is 9.62 Å².